The van der Waals surface area contributed by atoms with E-state index in [-0.39, 0.29) is 12.4 Å². The first-order valence-corrected chi connectivity index (χ1v) is 8.53. The fourth-order valence-corrected chi connectivity index (χ4v) is 3.21. The Morgan fingerprint density at radius 3 is 2.71 bits per heavy atom. The van der Waals surface area contributed by atoms with Crippen molar-refractivity contribution < 1.29 is 14.2 Å². The molecule has 3 rings (SSSR count). The van der Waals surface area contributed by atoms with Crippen LogP contribution in [-0.2, 0) is 0 Å². The van der Waals surface area contributed by atoms with Crippen molar-refractivity contribution in [1.29, 1.82) is 0 Å². The highest BCUT2D eigenvalue weighted by molar-refractivity contribution is 7.99. The zero-order chi connectivity index (χ0) is 16.9. The number of hydrogen-bond acceptors (Lipinski definition) is 5. The highest BCUT2D eigenvalue weighted by atomic mass is 32.2. The fourth-order valence-electron chi connectivity index (χ4n) is 2.24. The van der Waals surface area contributed by atoms with Crippen LogP contribution in [0.1, 0.15) is 5.82 Å². The lowest BCUT2D eigenvalue weighted by Crippen LogP contribution is -2.20. The van der Waals surface area contributed by atoms with E-state index in [2.05, 4.69) is 9.97 Å². The number of nitrogens with zero attached hydrogens (tertiary/aromatic N) is 2. The lowest BCUT2D eigenvalue weighted by Gasteiger charge is -2.13. The van der Waals surface area contributed by atoms with Crippen molar-refractivity contribution in [1.82, 2.24) is 9.97 Å². The second kappa shape index (κ2) is 7.59. The van der Waals surface area contributed by atoms with E-state index in [0.29, 0.717) is 11.6 Å². The number of para-hydroxylation sites is 2. The third-order valence-corrected chi connectivity index (χ3v) is 4.50. The Bertz CT molecular complexity index is 844. The summed E-state index contributed by atoms with van der Waals surface area (Å²) in [7, 11) is 0. The quantitative estimate of drug-likeness (QED) is 0.547. The Morgan fingerprint density at radius 1 is 1.12 bits per heavy atom. The largest absolute Gasteiger partial charge is 0.488 e. The van der Waals surface area contributed by atoms with E-state index in [0.717, 1.165) is 15.9 Å². The highest BCUT2D eigenvalue weighted by Gasteiger charge is 2.11. The van der Waals surface area contributed by atoms with Gasteiger partial charge in [-0.3, -0.25) is 0 Å². The van der Waals surface area contributed by atoms with E-state index in [1.807, 2.05) is 31.2 Å². The standard InChI is InChI=1S/C18H17FN2O2S/c1-12-20-16-8-4-2-6-14(16)18(21-12)24-11-13(22)10-23-17-9-5-3-7-15(17)19/h2-9,13,22H,10-11H2,1H3/t13-/m0/s1. The molecule has 0 radical (unpaired) electrons. The smallest absolute Gasteiger partial charge is 0.165 e. The van der Waals surface area contributed by atoms with Crippen molar-refractivity contribution in [3.05, 3.63) is 60.2 Å². The molecule has 0 saturated heterocycles. The number of aryl methyl sites for hydroxylation is 1. The minimum Gasteiger partial charge on any atom is -0.488 e. The molecule has 0 spiro atoms. The number of aliphatic hydroxyl groups excluding tert-OH is 1. The third kappa shape index (κ3) is 4.01. The maximum atomic E-state index is 13.5. The average molecular weight is 344 g/mol. The number of aromatic nitrogens is 2. The van der Waals surface area contributed by atoms with Crippen LogP contribution in [0.25, 0.3) is 10.9 Å². The van der Waals surface area contributed by atoms with Gasteiger partial charge in [0.1, 0.15) is 17.5 Å². The number of aliphatic hydroxyl groups is 1. The van der Waals surface area contributed by atoms with Crippen LogP contribution in [0.5, 0.6) is 5.75 Å². The molecule has 24 heavy (non-hydrogen) atoms. The van der Waals surface area contributed by atoms with E-state index in [9.17, 15) is 9.50 Å². The number of rotatable bonds is 6. The molecule has 0 aliphatic rings. The number of ether oxygens (including phenoxy) is 1. The highest BCUT2D eigenvalue weighted by Crippen LogP contribution is 2.26. The van der Waals surface area contributed by atoms with Crippen molar-refractivity contribution in [2.24, 2.45) is 0 Å². The minimum absolute atomic E-state index is 0.0237. The normalized spacial score (nSPS) is 12.3. The number of benzene rings is 2. The summed E-state index contributed by atoms with van der Waals surface area (Å²) in [5, 5.41) is 11.9. The summed E-state index contributed by atoms with van der Waals surface area (Å²) in [6.45, 7) is 1.87. The van der Waals surface area contributed by atoms with Crippen LogP contribution >= 0.6 is 11.8 Å². The Labute approximate surface area is 143 Å². The van der Waals surface area contributed by atoms with Gasteiger partial charge in [0.2, 0.25) is 0 Å². The number of fused-ring (bicyclic) bond motifs is 1. The summed E-state index contributed by atoms with van der Waals surface area (Å²) >= 11 is 1.44. The maximum Gasteiger partial charge on any atom is 0.165 e. The third-order valence-electron chi connectivity index (χ3n) is 3.36. The summed E-state index contributed by atoms with van der Waals surface area (Å²) in [4.78, 5) is 8.84. The molecular formula is C18H17FN2O2S. The fraction of sp³-hybridized carbons (Fsp3) is 0.222. The molecule has 0 aliphatic heterocycles. The molecule has 0 unspecified atom stereocenters. The molecule has 6 heteroatoms. The molecule has 1 heterocycles. The van der Waals surface area contributed by atoms with Gasteiger partial charge in [-0.2, -0.15) is 0 Å². The first-order chi connectivity index (χ1) is 11.6. The van der Waals surface area contributed by atoms with Gasteiger partial charge in [-0.25, -0.2) is 14.4 Å². The molecule has 1 atom stereocenters. The summed E-state index contributed by atoms with van der Waals surface area (Å²) in [5.41, 5.74) is 0.879. The molecule has 0 saturated carbocycles. The Hall–Kier alpha value is -2.18. The van der Waals surface area contributed by atoms with Crippen LogP contribution in [0, 0.1) is 12.7 Å². The average Bonchev–Trinajstić information content (AvgIpc) is 2.58. The first kappa shape index (κ1) is 16.7. The van der Waals surface area contributed by atoms with Gasteiger partial charge in [0.15, 0.2) is 11.6 Å². The summed E-state index contributed by atoms with van der Waals surface area (Å²) in [5.74, 6) is 0.794. The van der Waals surface area contributed by atoms with Gasteiger partial charge in [-0.15, -0.1) is 11.8 Å². The summed E-state index contributed by atoms with van der Waals surface area (Å²) < 4.78 is 18.8. The second-order valence-electron chi connectivity index (χ2n) is 5.30. The van der Waals surface area contributed by atoms with Gasteiger partial charge in [0.05, 0.1) is 11.6 Å². The summed E-state index contributed by atoms with van der Waals surface area (Å²) in [6.07, 6.45) is -0.733. The van der Waals surface area contributed by atoms with Gasteiger partial charge in [-0.05, 0) is 25.1 Å². The summed E-state index contributed by atoms with van der Waals surface area (Å²) in [6, 6.07) is 13.9. The van der Waals surface area contributed by atoms with Crippen LogP contribution in [0.3, 0.4) is 0 Å². The monoisotopic (exact) mass is 344 g/mol. The number of halogens is 1. The molecule has 0 bridgehead atoms. The lowest BCUT2D eigenvalue weighted by atomic mass is 10.2. The van der Waals surface area contributed by atoms with Crippen molar-refractivity contribution >= 4 is 22.7 Å². The van der Waals surface area contributed by atoms with Gasteiger partial charge in [-0.1, -0.05) is 30.3 Å². The Balaban J connectivity index is 1.62. The van der Waals surface area contributed by atoms with Crippen LogP contribution < -0.4 is 4.74 Å². The zero-order valence-corrected chi connectivity index (χ0v) is 14.0. The van der Waals surface area contributed by atoms with Crippen LogP contribution in [0.15, 0.2) is 53.6 Å². The molecule has 124 valence electrons. The van der Waals surface area contributed by atoms with Crippen LogP contribution in [0.2, 0.25) is 0 Å². The molecule has 1 aromatic heterocycles. The van der Waals surface area contributed by atoms with Crippen LogP contribution in [0.4, 0.5) is 4.39 Å². The number of hydrogen-bond donors (Lipinski definition) is 1. The number of thioether (sulfide) groups is 1. The zero-order valence-electron chi connectivity index (χ0n) is 13.1. The van der Waals surface area contributed by atoms with E-state index in [1.165, 1.54) is 23.9 Å². The molecule has 4 nitrogen and oxygen atoms in total. The van der Waals surface area contributed by atoms with E-state index in [1.54, 1.807) is 12.1 Å². The lowest BCUT2D eigenvalue weighted by molar-refractivity contribution is 0.123. The first-order valence-electron chi connectivity index (χ1n) is 7.55. The van der Waals surface area contributed by atoms with Gasteiger partial charge in [0.25, 0.3) is 0 Å². The SMILES string of the molecule is Cc1nc(SC[C@@H](O)COc2ccccc2F)c2ccccc2n1. The molecule has 2 aromatic carbocycles. The molecule has 0 fully saturated rings. The van der Waals surface area contributed by atoms with E-state index < -0.39 is 11.9 Å². The topological polar surface area (TPSA) is 55.2 Å². The molecular weight excluding hydrogens is 327 g/mol. The van der Waals surface area contributed by atoms with E-state index >= 15 is 0 Å². The Kier molecular flexibility index (Phi) is 5.27. The van der Waals surface area contributed by atoms with Gasteiger partial charge >= 0.3 is 0 Å². The molecule has 0 aliphatic carbocycles. The maximum absolute atomic E-state index is 13.5. The predicted octanol–water partition coefficient (Wildman–Crippen LogP) is 3.61. The predicted molar refractivity (Wildman–Crippen MR) is 92.9 cm³/mol. The van der Waals surface area contributed by atoms with Crippen molar-refractivity contribution in [2.75, 3.05) is 12.4 Å². The van der Waals surface area contributed by atoms with E-state index in [4.69, 9.17) is 4.74 Å². The van der Waals surface area contributed by atoms with Crippen molar-refractivity contribution in [3.8, 4) is 5.75 Å². The Morgan fingerprint density at radius 2 is 1.88 bits per heavy atom. The molecule has 3 aromatic rings. The van der Waals surface area contributed by atoms with Crippen LogP contribution in [-0.4, -0.2) is 33.5 Å². The van der Waals surface area contributed by atoms with Gasteiger partial charge in [0, 0.05) is 11.1 Å². The minimum atomic E-state index is -0.733. The second-order valence-corrected chi connectivity index (χ2v) is 6.31. The molecule has 0 amide bonds. The van der Waals surface area contributed by atoms with Crippen molar-refractivity contribution in [3.63, 3.8) is 0 Å². The van der Waals surface area contributed by atoms with Crippen molar-refractivity contribution in [2.45, 2.75) is 18.1 Å². The molecule has 1 N–H and O–H groups in total. The van der Waals surface area contributed by atoms with Gasteiger partial charge < -0.3 is 9.84 Å².